The van der Waals surface area contributed by atoms with Crippen LogP contribution in [-0.2, 0) is 9.53 Å². The monoisotopic (exact) mass is 241 g/mol. The predicted molar refractivity (Wildman–Crippen MR) is 64.5 cm³/mol. The fourth-order valence-corrected chi connectivity index (χ4v) is 2.70. The number of hydrogen-bond donors (Lipinski definition) is 2. The van der Waals surface area contributed by atoms with Gasteiger partial charge in [-0.3, -0.25) is 4.79 Å². The molecular weight excluding hydrogens is 218 g/mol. The standard InChI is InChI=1S/C13H23NO3/c1-9-2-7-12(17-9)13(16)14-8-10-3-5-11(15)6-4-10/h9-12,15H,2-8H2,1H3,(H,14,16). The highest BCUT2D eigenvalue weighted by molar-refractivity contribution is 5.80. The lowest BCUT2D eigenvalue weighted by Crippen LogP contribution is -2.38. The molecule has 2 atom stereocenters. The molecular formula is C13H23NO3. The molecule has 0 aromatic carbocycles. The van der Waals surface area contributed by atoms with E-state index in [-0.39, 0.29) is 24.2 Å². The van der Waals surface area contributed by atoms with Gasteiger partial charge in [0.1, 0.15) is 6.10 Å². The predicted octanol–water partition coefficient (Wildman–Crippen LogP) is 1.22. The molecule has 1 heterocycles. The Kier molecular flexibility index (Phi) is 4.40. The van der Waals surface area contributed by atoms with E-state index in [1.165, 1.54) is 0 Å². The molecule has 1 amide bonds. The molecule has 1 aliphatic carbocycles. The van der Waals surface area contributed by atoms with Crippen LogP contribution >= 0.6 is 0 Å². The maximum Gasteiger partial charge on any atom is 0.249 e. The third-order valence-electron chi connectivity index (χ3n) is 3.91. The van der Waals surface area contributed by atoms with Crippen LogP contribution in [0, 0.1) is 5.92 Å². The van der Waals surface area contributed by atoms with Gasteiger partial charge in [0.25, 0.3) is 0 Å². The van der Waals surface area contributed by atoms with Gasteiger partial charge in [-0.1, -0.05) is 0 Å². The van der Waals surface area contributed by atoms with Crippen LogP contribution < -0.4 is 5.32 Å². The first-order valence-corrected chi connectivity index (χ1v) is 6.76. The third-order valence-corrected chi connectivity index (χ3v) is 3.91. The molecule has 2 N–H and O–H groups in total. The van der Waals surface area contributed by atoms with Crippen molar-refractivity contribution in [3.05, 3.63) is 0 Å². The van der Waals surface area contributed by atoms with Crippen molar-refractivity contribution in [2.75, 3.05) is 6.54 Å². The number of nitrogens with one attached hydrogen (secondary N) is 1. The van der Waals surface area contributed by atoms with E-state index >= 15 is 0 Å². The molecule has 2 aliphatic rings. The van der Waals surface area contributed by atoms with Crippen molar-refractivity contribution >= 4 is 5.91 Å². The third kappa shape index (κ3) is 3.68. The summed E-state index contributed by atoms with van der Waals surface area (Å²) >= 11 is 0. The van der Waals surface area contributed by atoms with Crippen LogP contribution in [0.15, 0.2) is 0 Å². The number of ether oxygens (including phenoxy) is 1. The van der Waals surface area contributed by atoms with E-state index in [0.29, 0.717) is 5.92 Å². The highest BCUT2D eigenvalue weighted by atomic mass is 16.5. The average Bonchev–Trinajstić information content (AvgIpc) is 2.75. The molecule has 4 heteroatoms. The summed E-state index contributed by atoms with van der Waals surface area (Å²) in [7, 11) is 0. The summed E-state index contributed by atoms with van der Waals surface area (Å²) in [6, 6.07) is 0. The van der Waals surface area contributed by atoms with Crippen LogP contribution in [0.3, 0.4) is 0 Å². The lowest BCUT2D eigenvalue weighted by Gasteiger charge is -2.25. The average molecular weight is 241 g/mol. The molecule has 2 rings (SSSR count). The molecule has 0 bridgehead atoms. The van der Waals surface area contributed by atoms with E-state index < -0.39 is 0 Å². The normalized spacial score (nSPS) is 38.0. The molecule has 17 heavy (non-hydrogen) atoms. The van der Waals surface area contributed by atoms with E-state index in [9.17, 15) is 9.90 Å². The summed E-state index contributed by atoms with van der Waals surface area (Å²) in [5.74, 6) is 0.571. The van der Waals surface area contributed by atoms with Crippen molar-refractivity contribution < 1.29 is 14.6 Å². The molecule has 1 saturated heterocycles. The second kappa shape index (κ2) is 5.83. The lowest BCUT2D eigenvalue weighted by molar-refractivity contribution is -0.131. The van der Waals surface area contributed by atoms with Gasteiger partial charge in [-0.25, -0.2) is 0 Å². The Balaban J connectivity index is 1.66. The zero-order valence-corrected chi connectivity index (χ0v) is 10.5. The molecule has 1 saturated carbocycles. The van der Waals surface area contributed by atoms with Gasteiger partial charge in [0.15, 0.2) is 0 Å². The Hall–Kier alpha value is -0.610. The number of amides is 1. The minimum Gasteiger partial charge on any atom is -0.393 e. The highest BCUT2D eigenvalue weighted by Crippen LogP contribution is 2.24. The minimum absolute atomic E-state index is 0.0421. The second-order valence-corrected chi connectivity index (χ2v) is 5.43. The van der Waals surface area contributed by atoms with Gasteiger partial charge in [-0.15, -0.1) is 0 Å². The van der Waals surface area contributed by atoms with Crippen LogP contribution in [0.25, 0.3) is 0 Å². The fourth-order valence-electron chi connectivity index (χ4n) is 2.70. The minimum atomic E-state index is -0.237. The van der Waals surface area contributed by atoms with E-state index in [0.717, 1.165) is 45.1 Å². The Bertz CT molecular complexity index is 261. The van der Waals surface area contributed by atoms with Crippen LogP contribution in [0.1, 0.15) is 45.4 Å². The van der Waals surface area contributed by atoms with Gasteiger partial charge in [0.05, 0.1) is 12.2 Å². The van der Waals surface area contributed by atoms with E-state index in [4.69, 9.17) is 4.74 Å². The van der Waals surface area contributed by atoms with Gasteiger partial charge in [-0.2, -0.15) is 0 Å². The van der Waals surface area contributed by atoms with Crippen molar-refractivity contribution in [3.63, 3.8) is 0 Å². The molecule has 0 spiro atoms. The van der Waals surface area contributed by atoms with E-state index in [2.05, 4.69) is 5.32 Å². The maximum atomic E-state index is 11.8. The van der Waals surface area contributed by atoms with Crippen molar-refractivity contribution in [2.45, 2.75) is 63.8 Å². The second-order valence-electron chi connectivity index (χ2n) is 5.43. The molecule has 0 aromatic rings. The van der Waals surface area contributed by atoms with Crippen molar-refractivity contribution in [1.29, 1.82) is 0 Å². The largest absolute Gasteiger partial charge is 0.393 e. The van der Waals surface area contributed by atoms with Crippen molar-refractivity contribution in [1.82, 2.24) is 5.32 Å². The fraction of sp³-hybridized carbons (Fsp3) is 0.923. The van der Waals surface area contributed by atoms with Gasteiger partial charge >= 0.3 is 0 Å². The van der Waals surface area contributed by atoms with Gasteiger partial charge in [0, 0.05) is 6.54 Å². The number of aliphatic hydroxyl groups excluding tert-OH is 1. The number of carbonyl (C=O) groups is 1. The van der Waals surface area contributed by atoms with Gasteiger partial charge < -0.3 is 15.2 Å². The Morgan fingerprint density at radius 3 is 2.53 bits per heavy atom. The quantitative estimate of drug-likeness (QED) is 0.781. The lowest BCUT2D eigenvalue weighted by atomic mass is 9.87. The summed E-state index contributed by atoms with van der Waals surface area (Å²) in [6.45, 7) is 2.75. The molecule has 0 radical (unpaired) electrons. The van der Waals surface area contributed by atoms with Gasteiger partial charge in [-0.05, 0) is 51.4 Å². The number of rotatable bonds is 3. The molecule has 98 valence electrons. The first-order chi connectivity index (χ1) is 8.15. The Morgan fingerprint density at radius 2 is 1.94 bits per heavy atom. The van der Waals surface area contributed by atoms with E-state index in [1.807, 2.05) is 6.92 Å². The number of hydrogen-bond acceptors (Lipinski definition) is 3. The molecule has 1 aliphatic heterocycles. The van der Waals surface area contributed by atoms with Crippen molar-refractivity contribution in [2.24, 2.45) is 5.92 Å². The maximum absolute atomic E-state index is 11.8. The highest BCUT2D eigenvalue weighted by Gasteiger charge is 2.28. The zero-order valence-electron chi connectivity index (χ0n) is 10.5. The molecule has 2 fully saturated rings. The Morgan fingerprint density at radius 1 is 1.24 bits per heavy atom. The zero-order chi connectivity index (χ0) is 12.3. The first kappa shape index (κ1) is 12.8. The summed E-state index contributed by atoms with van der Waals surface area (Å²) < 4.78 is 5.53. The van der Waals surface area contributed by atoms with E-state index in [1.54, 1.807) is 0 Å². The Labute approximate surface area is 103 Å². The summed E-state index contributed by atoms with van der Waals surface area (Å²) in [5.41, 5.74) is 0. The SMILES string of the molecule is CC1CCC(C(=O)NCC2CCC(O)CC2)O1. The number of carbonyl (C=O) groups excluding carboxylic acids is 1. The van der Waals surface area contributed by atoms with Crippen LogP contribution in [-0.4, -0.2) is 35.9 Å². The number of aliphatic hydroxyl groups is 1. The van der Waals surface area contributed by atoms with Crippen LogP contribution in [0.2, 0.25) is 0 Å². The summed E-state index contributed by atoms with van der Waals surface area (Å²) in [6.07, 6.45) is 5.46. The smallest absolute Gasteiger partial charge is 0.249 e. The summed E-state index contributed by atoms with van der Waals surface area (Å²) in [4.78, 5) is 11.8. The van der Waals surface area contributed by atoms with Crippen LogP contribution in [0.4, 0.5) is 0 Å². The van der Waals surface area contributed by atoms with Crippen LogP contribution in [0.5, 0.6) is 0 Å². The summed E-state index contributed by atoms with van der Waals surface area (Å²) in [5, 5.41) is 12.4. The first-order valence-electron chi connectivity index (χ1n) is 6.76. The van der Waals surface area contributed by atoms with Crippen molar-refractivity contribution in [3.8, 4) is 0 Å². The van der Waals surface area contributed by atoms with Gasteiger partial charge in [0.2, 0.25) is 5.91 Å². The molecule has 0 aromatic heterocycles. The molecule has 4 nitrogen and oxygen atoms in total. The molecule has 2 unspecified atom stereocenters. The topological polar surface area (TPSA) is 58.6 Å².